The van der Waals surface area contributed by atoms with Crippen LogP contribution in [0.1, 0.15) is 42.0 Å². The normalized spacial score (nSPS) is 29.3. The average Bonchev–Trinajstić information content (AvgIpc) is 2.82. The molecule has 1 aromatic rings. The molecule has 0 bridgehead atoms. The van der Waals surface area contributed by atoms with Crippen molar-refractivity contribution >= 4 is 5.97 Å². The number of aliphatic carboxylic acids is 1. The molecule has 0 spiro atoms. The van der Waals surface area contributed by atoms with E-state index in [-0.39, 0.29) is 6.04 Å². The van der Waals surface area contributed by atoms with Gasteiger partial charge in [-0.1, -0.05) is 13.0 Å². The molecule has 1 saturated heterocycles. The van der Waals surface area contributed by atoms with Crippen molar-refractivity contribution in [3.63, 3.8) is 0 Å². The number of fused-ring (bicyclic) bond motifs is 1. The van der Waals surface area contributed by atoms with Gasteiger partial charge in [-0.2, -0.15) is 0 Å². The number of aromatic hydroxyl groups is 1. The summed E-state index contributed by atoms with van der Waals surface area (Å²) in [6.45, 7) is 6.16. The molecule has 1 fully saturated rings. The number of carboxylic acid groups (broad SMARTS) is 1. The summed E-state index contributed by atoms with van der Waals surface area (Å²) in [6.07, 6.45) is 0.873. The first-order chi connectivity index (χ1) is 10.0. The summed E-state index contributed by atoms with van der Waals surface area (Å²) in [7, 11) is 0. The van der Waals surface area contributed by atoms with Crippen LogP contribution in [0.25, 0.3) is 0 Å². The highest BCUT2D eigenvalue weighted by Gasteiger charge is 2.41. The number of carboxylic acids is 1. The van der Waals surface area contributed by atoms with Crippen LogP contribution in [0, 0.1) is 6.92 Å². The van der Waals surface area contributed by atoms with Crippen molar-refractivity contribution in [2.24, 2.45) is 0 Å². The first kappa shape index (κ1) is 14.4. The second kappa shape index (κ2) is 5.31. The molecular formula is C16H22N2O3. The first-order valence-corrected chi connectivity index (χ1v) is 7.52. The largest absolute Gasteiger partial charge is 0.508 e. The van der Waals surface area contributed by atoms with Gasteiger partial charge in [0.2, 0.25) is 0 Å². The van der Waals surface area contributed by atoms with Gasteiger partial charge >= 0.3 is 5.97 Å². The van der Waals surface area contributed by atoms with E-state index in [0.717, 1.165) is 18.5 Å². The lowest BCUT2D eigenvalue weighted by Gasteiger charge is -2.38. The van der Waals surface area contributed by atoms with Gasteiger partial charge < -0.3 is 15.5 Å². The molecule has 3 unspecified atom stereocenters. The Morgan fingerprint density at radius 3 is 2.86 bits per heavy atom. The van der Waals surface area contributed by atoms with Crippen molar-refractivity contribution in [3.8, 4) is 5.75 Å². The average molecular weight is 290 g/mol. The zero-order valence-electron chi connectivity index (χ0n) is 12.5. The molecule has 1 aliphatic heterocycles. The predicted octanol–water partition coefficient (Wildman–Crippen LogP) is 1.61. The third kappa shape index (κ3) is 2.30. The number of nitrogens with one attached hydrogen (secondary N) is 1. The van der Waals surface area contributed by atoms with E-state index in [0.29, 0.717) is 24.8 Å². The van der Waals surface area contributed by atoms with E-state index in [4.69, 9.17) is 0 Å². The van der Waals surface area contributed by atoms with Crippen molar-refractivity contribution in [1.82, 2.24) is 10.2 Å². The number of piperazine rings is 1. The Morgan fingerprint density at radius 1 is 1.38 bits per heavy atom. The van der Waals surface area contributed by atoms with E-state index >= 15 is 0 Å². The standard InChI is InChI=1S/C16H22N2O3/c1-9-3-4-13(19)15-11(7-10(2)14(9)15)18-6-5-17-8-12(18)16(20)21/h3-4,10-12,17,19H,5-8H2,1-2H3,(H,20,21). The van der Waals surface area contributed by atoms with Crippen molar-refractivity contribution in [2.75, 3.05) is 19.6 Å². The minimum Gasteiger partial charge on any atom is -0.508 e. The number of rotatable bonds is 2. The van der Waals surface area contributed by atoms with E-state index in [1.807, 2.05) is 11.0 Å². The Hall–Kier alpha value is -1.59. The van der Waals surface area contributed by atoms with Crippen molar-refractivity contribution in [2.45, 2.75) is 38.3 Å². The molecule has 114 valence electrons. The van der Waals surface area contributed by atoms with Gasteiger partial charge in [0.15, 0.2) is 0 Å². The van der Waals surface area contributed by atoms with E-state index in [1.165, 1.54) is 11.1 Å². The number of phenolic OH excluding ortho intramolecular Hbond substituents is 1. The van der Waals surface area contributed by atoms with Gasteiger partial charge in [-0.05, 0) is 36.5 Å². The summed E-state index contributed by atoms with van der Waals surface area (Å²) in [5.74, 6) is -0.149. The minimum absolute atomic E-state index is 0.00176. The maximum Gasteiger partial charge on any atom is 0.322 e. The second-order valence-electron chi connectivity index (χ2n) is 6.18. The molecule has 5 heteroatoms. The zero-order chi connectivity index (χ0) is 15.1. The van der Waals surface area contributed by atoms with Crippen molar-refractivity contribution in [1.29, 1.82) is 0 Å². The Labute approximate surface area is 124 Å². The highest BCUT2D eigenvalue weighted by molar-refractivity contribution is 5.74. The van der Waals surface area contributed by atoms with Crippen LogP contribution in [-0.2, 0) is 4.79 Å². The number of benzene rings is 1. The second-order valence-corrected chi connectivity index (χ2v) is 6.18. The highest BCUT2D eigenvalue weighted by atomic mass is 16.4. The quantitative estimate of drug-likeness (QED) is 0.772. The molecule has 1 aromatic carbocycles. The van der Waals surface area contributed by atoms with Gasteiger partial charge in [0, 0.05) is 31.2 Å². The first-order valence-electron chi connectivity index (χ1n) is 7.52. The van der Waals surface area contributed by atoms with E-state index in [9.17, 15) is 15.0 Å². The van der Waals surface area contributed by atoms with Crippen LogP contribution in [0.5, 0.6) is 5.75 Å². The maximum absolute atomic E-state index is 11.5. The molecule has 3 rings (SSSR count). The summed E-state index contributed by atoms with van der Waals surface area (Å²) in [4.78, 5) is 13.6. The van der Waals surface area contributed by atoms with Gasteiger partial charge in [-0.15, -0.1) is 0 Å². The molecule has 0 aromatic heterocycles. The SMILES string of the molecule is Cc1ccc(O)c2c1C(C)CC2N1CCNCC1C(=O)O. The van der Waals surface area contributed by atoms with Gasteiger partial charge in [0.05, 0.1) is 0 Å². The van der Waals surface area contributed by atoms with Crippen LogP contribution >= 0.6 is 0 Å². The molecule has 0 saturated carbocycles. The van der Waals surface area contributed by atoms with Gasteiger partial charge in [0.25, 0.3) is 0 Å². The molecule has 2 aliphatic rings. The summed E-state index contributed by atoms with van der Waals surface area (Å²) in [6, 6.07) is 3.15. The maximum atomic E-state index is 11.5. The fourth-order valence-corrected chi connectivity index (χ4v) is 3.93. The number of phenols is 1. The summed E-state index contributed by atoms with van der Waals surface area (Å²) < 4.78 is 0. The van der Waals surface area contributed by atoms with Crippen LogP contribution in [0.15, 0.2) is 12.1 Å². The third-order valence-electron chi connectivity index (χ3n) is 4.86. The Morgan fingerprint density at radius 2 is 2.14 bits per heavy atom. The van der Waals surface area contributed by atoms with Crippen molar-refractivity contribution < 1.29 is 15.0 Å². The summed E-state index contributed by atoms with van der Waals surface area (Å²) in [5.41, 5.74) is 3.32. The molecule has 21 heavy (non-hydrogen) atoms. The third-order valence-corrected chi connectivity index (χ3v) is 4.86. The number of carbonyl (C=O) groups is 1. The fraction of sp³-hybridized carbons (Fsp3) is 0.562. The summed E-state index contributed by atoms with van der Waals surface area (Å²) >= 11 is 0. The van der Waals surface area contributed by atoms with E-state index < -0.39 is 12.0 Å². The van der Waals surface area contributed by atoms with E-state index in [2.05, 4.69) is 19.2 Å². The molecule has 0 amide bonds. The predicted molar refractivity (Wildman–Crippen MR) is 79.6 cm³/mol. The van der Waals surface area contributed by atoms with Crippen LogP contribution in [-0.4, -0.2) is 46.8 Å². The molecule has 1 heterocycles. The highest BCUT2D eigenvalue weighted by Crippen LogP contribution is 2.49. The molecule has 0 radical (unpaired) electrons. The smallest absolute Gasteiger partial charge is 0.322 e. The number of hydrogen-bond acceptors (Lipinski definition) is 4. The van der Waals surface area contributed by atoms with Gasteiger partial charge in [0.1, 0.15) is 11.8 Å². The number of aryl methyl sites for hydroxylation is 1. The van der Waals surface area contributed by atoms with Gasteiger partial charge in [-0.3, -0.25) is 9.69 Å². The zero-order valence-corrected chi connectivity index (χ0v) is 12.5. The van der Waals surface area contributed by atoms with Crippen LogP contribution in [0.4, 0.5) is 0 Å². The van der Waals surface area contributed by atoms with Crippen molar-refractivity contribution in [3.05, 3.63) is 28.8 Å². The molecule has 3 atom stereocenters. The Kier molecular flexibility index (Phi) is 3.63. The number of hydrogen-bond donors (Lipinski definition) is 3. The van der Waals surface area contributed by atoms with Crippen LogP contribution in [0.2, 0.25) is 0 Å². The van der Waals surface area contributed by atoms with Gasteiger partial charge in [-0.25, -0.2) is 0 Å². The summed E-state index contributed by atoms with van der Waals surface area (Å²) in [5, 5.41) is 22.9. The molecule has 1 aliphatic carbocycles. The lowest BCUT2D eigenvalue weighted by molar-refractivity contribution is -0.145. The van der Waals surface area contributed by atoms with E-state index in [1.54, 1.807) is 6.07 Å². The Balaban J connectivity index is 2.02. The fourth-order valence-electron chi connectivity index (χ4n) is 3.93. The van der Waals surface area contributed by atoms with Crippen LogP contribution < -0.4 is 5.32 Å². The lowest BCUT2D eigenvalue weighted by Crippen LogP contribution is -2.55. The molecular weight excluding hydrogens is 268 g/mol. The Bertz CT molecular complexity index is 573. The topological polar surface area (TPSA) is 72.8 Å². The monoisotopic (exact) mass is 290 g/mol. The van der Waals surface area contributed by atoms with Crippen LogP contribution in [0.3, 0.4) is 0 Å². The number of nitrogens with zero attached hydrogens (tertiary/aromatic N) is 1. The minimum atomic E-state index is -0.796. The lowest BCUT2D eigenvalue weighted by atomic mass is 9.97. The molecule has 3 N–H and O–H groups in total. The molecule has 5 nitrogen and oxygen atoms in total.